The van der Waals surface area contributed by atoms with E-state index in [4.69, 9.17) is 12.2 Å². The molecule has 0 spiro atoms. The molecule has 2 rings (SSSR count). The van der Waals surface area contributed by atoms with Gasteiger partial charge in [0.1, 0.15) is 6.61 Å². The number of aliphatic hydroxyl groups excluding tert-OH is 1. The number of hydrogen-bond donors (Lipinski definition) is 2. The Balaban J connectivity index is 2.23. The maximum Gasteiger partial charge on any atom is 0.199 e. The molecule has 0 aliphatic carbocycles. The van der Waals surface area contributed by atoms with Crippen LogP contribution in [0.2, 0.25) is 0 Å². The summed E-state index contributed by atoms with van der Waals surface area (Å²) < 4.78 is 4.32. The molecular formula is C18H28N4OS. The van der Waals surface area contributed by atoms with Gasteiger partial charge >= 0.3 is 0 Å². The minimum absolute atomic E-state index is 0.0509. The molecule has 2 N–H and O–H groups in total. The first-order valence-electron chi connectivity index (χ1n) is 8.44. The Labute approximate surface area is 149 Å². The number of rotatable bonds is 7. The van der Waals surface area contributed by atoms with Gasteiger partial charge in [0.15, 0.2) is 10.6 Å². The van der Waals surface area contributed by atoms with Crippen LogP contribution in [0.3, 0.4) is 0 Å². The van der Waals surface area contributed by atoms with Gasteiger partial charge in [-0.05, 0) is 29.6 Å². The van der Waals surface area contributed by atoms with Crippen LogP contribution in [-0.2, 0) is 19.8 Å². The largest absolute Gasteiger partial charge is 0.388 e. The lowest BCUT2D eigenvalue weighted by molar-refractivity contribution is 0.248. The third-order valence-electron chi connectivity index (χ3n) is 4.03. The van der Waals surface area contributed by atoms with Gasteiger partial charge in [0, 0.05) is 12.6 Å². The predicted molar refractivity (Wildman–Crippen MR) is 99.0 cm³/mol. The fourth-order valence-electron chi connectivity index (χ4n) is 2.90. The zero-order valence-electron chi connectivity index (χ0n) is 15.0. The van der Waals surface area contributed by atoms with Crippen LogP contribution in [-0.4, -0.2) is 19.5 Å². The standard InChI is InChI=1S/C18H28N4OS/c1-5-11-21-15(12-23)20-22(17(21)24)13-19-16(18(2,3)4)14-9-7-6-8-10-14/h6-10,16,19,23H,5,11-13H2,1-4H3. The second-order valence-electron chi connectivity index (χ2n) is 7.08. The van der Waals surface area contributed by atoms with Gasteiger partial charge in [-0.1, -0.05) is 58.0 Å². The minimum Gasteiger partial charge on any atom is -0.388 e. The molecular weight excluding hydrogens is 320 g/mol. The molecule has 1 heterocycles. The molecule has 0 fully saturated rings. The van der Waals surface area contributed by atoms with Crippen LogP contribution in [0.5, 0.6) is 0 Å². The summed E-state index contributed by atoms with van der Waals surface area (Å²) in [7, 11) is 0. The summed E-state index contributed by atoms with van der Waals surface area (Å²) in [4.78, 5) is 0. The van der Waals surface area contributed by atoms with Gasteiger partial charge < -0.3 is 9.67 Å². The maximum atomic E-state index is 9.50. The topological polar surface area (TPSA) is 55.0 Å². The molecule has 0 amide bonds. The van der Waals surface area contributed by atoms with E-state index in [1.54, 1.807) is 4.68 Å². The van der Waals surface area contributed by atoms with Crippen molar-refractivity contribution in [1.29, 1.82) is 0 Å². The highest BCUT2D eigenvalue weighted by Gasteiger charge is 2.26. The van der Waals surface area contributed by atoms with Crippen molar-refractivity contribution < 1.29 is 5.11 Å². The van der Waals surface area contributed by atoms with Crippen LogP contribution in [0, 0.1) is 10.2 Å². The number of aromatic nitrogens is 3. The molecule has 6 heteroatoms. The molecule has 0 aliphatic heterocycles. The van der Waals surface area contributed by atoms with E-state index in [-0.39, 0.29) is 18.1 Å². The van der Waals surface area contributed by atoms with Crippen molar-refractivity contribution in [2.45, 2.75) is 60.0 Å². The third kappa shape index (κ3) is 4.32. The van der Waals surface area contributed by atoms with Crippen molar-refractivity contribution in [2.24, 2.45) is 5.41 Å². The van der Waals surface area contributed by atoms with Gasteiger partial charge in [-0.2, -0.15) is 5.10 Å². The van der Waals surface area contributed by atoms with Crippen LogP contribution in [0.25, 0.3) is 0 Å². The summed E-state index contributed by atoms with van der Waals surface area (Å²) in [6.07, 6.45) is 0.953. The molecule has 1 atom stereocenters. The zero-order chi connectivity index (χ0) is 17.7. The van der Waals surface area contributed by atoms with E-state index in [1.165, 1.54) is 5.56 Å². The van der Waals surface area contributed by atoms with Crippen LogP contribution in [0.1, 0.15) is 51.5 Å². The highest BCUT2D eigenvalue weighted by Crippen LogP contribution is 2.32. The van der Waals surface area contributed by atoms with E-state index >= 15 is 0 Å². The number of aliphatic hydroxyl groups is 1. The van der Waals surface area contributed by atoms with E-state index < -0.39 is 0 Å². The highest BCUT2D eigenvalue weighted by molar-refractivity contribution is 7.71. The molecule has 24 heavy (non-hydrogen) atoms. The molecule has 0 saturated heterocycles. The van der Waals surface area contributed by atoms with Crippen LogP contribution in [0.15, 0.2) is 30.3 Å². The third-order valence-corrected chi connectivity index (χ3v) is 4.46. The van der Waals surface area contributed by atoms with Crippen molar-refractivity contribution in [3.8, 4) is 0 Å². The van der Waals surface area contributed by atoms with Gasteiger partial charge in [0.2, 0.25) is 0 Å². The van der Waals surface area contributed by atoms with Crippen molar-refractivity contribution in [1.82, 2.24) is 19.7 Å². The summed E-state index contributed by atoms with van der Waals surface area (Å²) in [6, 6.07) is 10.6. The van der Waals surface area contributed by atoms with Gasteiger partial charge in [-0.3, -0.25) is 5.32 Å². The number of benzene rings is 1. The van der Waals surface area contributed by atoms with E-state index in [2.05, 4.69) is 62.4 Å². The van der Waals surface area contributed by atoms with Gasteiger partial charge in [-0.15, -0.1) is 0 Å². The Morgan fingerprint density at radius 2 is 1.92 bits per heavy atom. The van der Waals surface area contributed by atoms with E-state index in [9.17, 15) is 5.11 Å². The Kier molecular flexibility index (Phi) is 6.32. The Bertz CT molecular complexity index is 700. The Morgan fingerprint density at radius 3 is 2.46 bits per heavy atom. The van der Waals surface area contributed by atoms with Gasteiger partial charge in [0.25, 0.3) is 0 Å². The Morgan fingerprint density at radius 1 is 1.25 bits per heavy atom. The van der Waals surface area contributed by atoms with Crippen molar-refractivity contribution >= 4 is 12.2 Å². The number of nitrogens with one attached hydrogen (secondary N) is 1. The van der Waals surface area contributed by atoms with Crippen molar-refractivity contribution in [2.75, 3.05) is 0 Å². The summed E-state index contributed by atoms with van der Waals surface area (Å²) in [5, 5.41) is 17.5. The fraction of sp³-hybridized carbons (Fsp3) is 0.556. The molecule has 1 aromatic heterocycles. The lowest BCUT2D eigenvalue weighted by atomic mass is 9.82. The fourth-order valence-corrected chi connectivity index (χ4v) is 3.20. The SMILES string of the molecule is CCCn1c(CO)nn(CNC(c2ccccc2)C(C)(C)C)c1=S. The smallest absolute Gasteiger partial charge is 0.199 e. The van der Waals surface area contributed by atoms with Gasteiger partial charge in [0.05, 0.1) is 6.67 Å². The number of hydrogen-bond acceptors (Lipinski definition) is 4. The molecule has 132 valence electrons. The quantitative estimate of drug-likeness (QED) is 0.750. The lowest BCUT2D eigenvalue weighted by Gasteiger charge is -2.32. The second-order valence-corrected chi connectivity index (χ2v) is 7.45. The zero-order valence-corrected chi connectivity index (χ0v) is 15.8. The van der Waals surface area contributed by atoms with Gasteiger partial charge in [-0.25, -0.2) is 4.68 Å². The normalized spacial score (nSPS) is 13.2. The highest BCUT2D eigenvalue weighted by atomic mass is 32.1. The molecule has 1 aromatic carbocycles. The summed E-state index contributed by atoms with van der Waals surface area (Å²) in [6.45, 7) is 9.92. The van der Waals surface area contributed by atoms with E-state index in [1.807, 2.05) is 10.6 Å². The number of nitrogens with zero attached hydrogens (tertiary/aromatic N) is 3. The van der Waals surface area contributed by atoms with Crippen LogP contribution < -0.4 is 5.32 Å². The lowest BCUT2D eigenvalue weighted by Crippen LogP contribution is -2.34. The summed E-state index contributed by atoms with van der Waals surface area (Å²) >= 11 is 5.52. The predicted octanol–water partition coefficient (Wildman–Crippen LogP) is 3.65. The van der Waals surface area contributed by atoms with Crippen LogP contribution in [0.4, 0.5) is 0 Å². The monoisotopic (exact) mass is 348 g/mol. The van der Waals surface area contributed by atoms with E-state index in [0.29, 0.717) is 17.3 Å². The first-order valence-corrected chi connectivity index (χ1v) is 8.85. The van der Waals surface area contributed by atoms with Crippen molar-refractivity contribution in [3.63, 3.8) is 0 Å². The molecule has 0 radical (unpaired) electrons. The minimum atomic E-state index is -0.0992. The summed E-state index contributed by atoms with van der Waals surface area (Å²) in [5.41, 5.74) is 1.29. The molecule has 0 aliphatic rings. The molecule has 1 unspecified atom stereocenters. The van der Waals surface area contributed by atoms with Crippen molar-refractivity contribution in [3.05, 3.63) is 46.5 Å². The Hall–Kier alpha value is -1.50. The first-order chi connectivity index (χ1) is 11.4. The van der Waals surface area contributed by atoms with Crippen LogP contribution >= 0.6 is 12.2 Å². The first kappa shape index (κ1) is 18.8. The molecule has 5 nitrogen and oxygen atoms in total. The second kappa shape index (κ2) is 8.05. The average molecular weight is 349 g/mol. The van der Waals surface area contributed by atoms with E-state index in [0.717, 1.165) is 13.0 Å². The summed E-state index contributed by atoms with van der Waals surface area (Å²) in [5.74, 6) is 0.621. The molecule has 0 bridgehead atoms. The molecule has 2 aromatic rings. The average Bonchev–Trinajstić information content (AvgIpc) is 2.84. The molecule has 0 saturated carbocycles. The maximum absolute atomic E-state index is 9.50.